The number of hydrogen-bond acceptors (Lipinski definition) is 6. The van der Waals surface area contributed by atoms with Gasteiger partial charge in [-0.15, -0.1) is 0 Å². The predicted molar refractivity (Wildman–Crippen MR) is 127 cm³/mol. The highest BCUT2D eigenvalue weighted by Crippen LogP contribution is 2.38. The summed E-state index contributed by atoms with van der Waals surface area (Å²) in [5.41, 5.74) is 2.72. The minimum atomic E-state index is -0.427. The van der Waals surface area contributed by atoms with Crippen molar-refractivity contribution < 1.29 is 19.0 Å². The van der Waals surface area contributed by atoms with Crippen molar-refractivity contribution in [2.24, 2.45) is 0 Å². The van der Waals surface area contributed by atoms with E-state index >= 15 is 0 Å². The molecule has 0 radical (unpaired) electrons. The van der Waals surface area contributed by atoms with E-state index in [-0.39, 0.29) is 18.6 Å². The summed E-state index contributed by atoms with van der Waals surface area (Å²) in [6.45, 7) is 1.80. The van der Waals surface area contributed by atoms with Gasteiger partial charge in [0, 0.05) is 43.1 Å². The van der Waals surface area contributed by atoms with E-state index < -0.39 is 5.82 Å². The van der Waals surface area contributed by atoms with E-state index in [0.717, 1.165) is 49.9 Å². The number of hydrogen-bond donors (Lipinski definition) is 1. The molecule has 2 aromatic heterocycles. The quantitative estimate of drug-likeness (QED) is 0.559. The van der Waals surface area contributed by atoms with Gasteiger partial charge in [0.15, 0.2) is 5.65 Å². The Morgan fingerprint density at radius 1 is 1.23 bits per heavy atom. The average molecular weight is 500 g/mol. The molecule has 0 spiro atoms. The topological polar surface area (TPSA) is 83.2 Å². The summed E-state index contributed by atoms with van der Waals surface area (Å²) in [6.07, 6.45) is 7.86. The van der Waals surface area contributed by atoms with Gasteiger partial charge < -0.3 is 14.7 Å². The van der Waals surface area contributed by atoms with E-state index in [2.05, 4.69) is 15.0 Å². The van der Waals surface area contributed by atoms with Gasteiger partial charge in [-0.3, -0.25) is 9.69 Å². The van der Waals surface area contributed by atoms with Gasteiger partial charge in [0.25, 0.3) is 5.91 Å². The number of rotatable bonds is 6. The van der Waals surface area contributed by atoms with Crippen LogP contribution in [0.3, 0.4) is 0 Å². The lowest BCUT2D eigenvalue weighted by Crippen LogP contribution is -2.46. The number of aliphatic hydroxyl groups is 1. The van der Waals surface area contributed by atoms with Crippen LogP contribution in [0.15, 0.2) is 30.6 Å². The molecule has 1 N–H and O–H groups in total. The summed E-state index contributed by atoms with van der Waals surface area (Å²) < 4.78 is 22.2. The predicted octanol–water partition coefficient (Wildman–Crippen LogP) is 3.43. The first-order chi connectivity index (χ1) is 17.0. The molecule has 5 heterocycles. The van der Waals surface area contributed by atoms with Crippen molar-refractivity contribution >= 4 is 23.2 Å². The molecule has 1 amide bonds. The fraction of sp³-hybridized carbons (Fsp3) is 0.480. The number of aliphatic hydroxyl groups excluding tert-OH is 1. The first kappa shape index (κ1) is 22.7. The van der Waals surface area contributed by atoms with Gasteiger partial charge in [-0.25, -0.2) is 13.9 Å². The highest BCUT2D eigenvalue weighted by Gasteiger charge is 2.41. The zero-order valence-electron chi connectivity index (χ0n) is 19.2. The lowest BCUT2D eigenvalue weighted by atomic mass is 9.99. The second kappa shape index (κ2) is 9.04. The van der Waals surface area contributed by atoms with Crippen molar-refractivity contribution in [2.75, 3.05) is 13.2 Å². The normalized spacial score (nSPS) is 23.7. The Kier molecular flexibility index (Phi) is 5.86. The first-order valence-corrected chi connectivity index (χ1v) is 12.5. The van der Waals surface area contributed by atoms with Crippen LogP contribution in [0.1, 0.15) is 53.7 Å². The molecule has 3 aliphatic heterocycles. The van der Waals surface area contributed by atoms with Crippen molar-refractivity contribution in [3.05, 3.63) is 58.3 Å². The number of amides is 1. The molecule has 184 valence electrons. The smallest absolute Gasteiger partial charge is 0.258 e. The molecule has 0 aliphatic carbocycles. The third-order valence-electron chi connectivity index (χ3n) is 7.48. The first-order valence-electron chi connectivity index (χ1n) is 12.1. The van der Waals surface area contributed by atoms with Gasteiger partial charge in [-0.2, -0.15) is 5.10 Å². The number of piperidine rings is 1. The molecule has 2 bridgehead atoms. The van der Waals surface area contributed by atoms with E-state index in [9.17, 15) is 14.3 Å². The maximum Gasteiger partial charge on any atom is 0.258 e. The lowest BCUT2D eigenvalue weighted by molar-refractivity contribution is 0.0445. The van der Waals surface area contributed by atoms with Crippen LogP contribution in [-0.4, -0.2) is 66.8 Å². The molecule has 8 nitrogen and oxygen atoms in total. The van der Waals surface area contributed by atoms with Gasteiger partial charge >= 0.3 is 0 Å². The van der Waals surface area contributed by atoms with Gasteiger partial charge in [-0.05, 0) is 44.2 Å². The molecule has 3 aromatic rings. The van der Waals surface area contributed by atoms with Crippen LogP contribution in [0.2, 0.25) is 5.02 Å². The molecule has 2 saturated heterocycles. The van der Waals surface area contributed by atoms with Crippen molar-refractivity contribution in [1.82, 2.24) is 24.4 Å². The van der Waals surface area contributed by atoms with E-state index in [0.29, 0.717) is 47.2 Å². The van der Waals surface area contributed by atoms with Crippen molar-refractivity contribution in [3.8, 4) is 5.75 Å². The SMILES string of the molecule is O=C(c1ccc(F)cc1O[C@H]1C[C@H]2CC[C@@H](C1)N2CCCO)N1Cc2nn3cc(Cl)cnc3c2C1. The second-order valence-corrected chi connectivity index (χ2v) is 10.1. The fourth-order valence-corrected chi connectivity index (χ4v) is 6.07. The maximum atomic E-state index is 14.2. The van der Waals surface area contributed by atoms with Crippen LogP contribution < -0.4 is 4.74 Å². The van der Waals surface area contributed by atoms with Gasteiger partial charge in [0.05, 0.1) is 35.6 Å². The van der Waals surface area contributed by atoms with E-state index in [1.165, 1.54) is 18.2 Å². The van der Waals surface area contributed by atoms with Gasteiger partial charge in [0.2, 0.25) is 0 Å². The minimum absolute atomic E-state index is 0.0693. The monoisotopic (exact) mass is 499 g/mol. The summed E-state index contributed by atoms with van der Waals surface area (Å²) >= 11 is 6.02. The van der Waals surface area contributed by atoms with E-state index in [1.54, 1.807) is 21.8 Å². The number of halogens is 2. The standard InChI is InChI=1S/C25H27ClFN5O3/c26-15-11-28-24-21-13-30(14-22(21)29-32(24)12-15)25(34)20-5-2-16(27)8-23(20)35-19-9-17-3-4-18(10-19)31(17)6-1-7-33/h2,5,8,11-12,17-19,33H,1,3-4,6-7,9-10,13-14H2/t17-,18+,19+. The van der Waals surface area contributed by atoms with Gasteiger partial charge in [-0.1, -0.05) is 11.6 Å². The van der Waals surface area contributed by atoms with Crippen LogP contribution in [0.5, 0.6) is 5.75 Å². The van der Waals surface area contributed by atoms with Crippen molar-refractivity contribution in [3.63, 3.8) is 0 Å². The zero-order valence-corrected chi connectivity index (χ0v) is 20.0. The Morgan fingerprint density at radius 2 is 2.03 bits per heavy atom. The molecule has 0 saturated carbocycles. The Labute approximate surface area is 207 Å². The molecule has 3 aliphatic rings. The molecule has 3 atom stereocenters. The third kappa shape index (κ3) is 4.15. The average Bonchev–Trinajstić information content (AvgIpc) is 3.46. The highest BCUT2D eigenvalue weighted by molar-refractivity contribution is 6.30. The number of nitrogens with zero attached hydrogens (tertiary/aromatic N) is 5. The van der Waals surface area contributed by atoms with Crippen molar-refractivity contribution in [2.45, 2.75) is 63.4 Å². The molecule has 6 rings (SSSR count). The largest absolute Gasteiger partial charge is 0.489 e. The lowest BCUT2D eigenvalue weighted by Gasteiger charge is -2.39. The molecular formula is C25H27ClFN5O3. The molecule has 1 aromatic carbocycles. The number of ether oxygens (including phenoxy) is 1. The Bertz CT molecular complexity index is 1270. The second-order valence-electron chi connectivity index (χ2n) is 9.68. The van der Waals surface area contributed by atoms with Crippen LogP contribution >= 0.6 is 11.6 Å². The molecular weight excluding hydrogens is 473 g/mol. The van der Waals surface area contributed by atoms with Crippen LogP contribution in [0, 0.1) is 5.82 Å². The Balaban J connectivity index is 1.19. The fourth-order valence-electron chi connectivity index (χ4n) is 5.92. The van der Waals surface area contributed by atoms with E-state index in [4.69, 9.17) is 16.3 Å². The van der Waals surface area contributed by atoms with Crippen LogP contribution in [-0.2, 0) is 13.1 Å². The van der Waals surface area contributed by atoms with Crippen LogP contribution in [0.25, 0.3) is 5.65 Å². The van der Waals surface area contributed by atoms with Crippen LogP contribution in [0.4, 0.5) is 4.39 Å². The zero-order chi connectivity index (χ0) is 24.1. The molecule has 0 unspecified atom stereocenters. The molecule has 35 heavy (non-hydrogen) atoms. The van der Waals surface area contributed by atoms with Gasteiger partial charge in [0.1, 0.15) is 17.7 Å². The summed E-state index contributed by atoms with van der Waals surface area (Å²) in [5.74, 6) is -0.344. The number of carbonyl (C=O) groups excluding carboxylic acids is 1. The summed E-state index contributed by atoms with van der Waals surface area (Å²) in [7, 11) is 0. The Hall–Kier alpha value is -2.75. The van der Waals surface area contributed by atoms with Crippen molar-refractivity contribution in [1.29, 1.82) is 0 Å². The summed E-state index contributed by atoms with van der Waals surface area (Å²) in [5, 5.41) is 14.2. The number of fused-ring (bicyclic) bond motifs is 5. The summed E-state index contributed by atoms with van der Waals surface area (Å²) in [6, 6.07) is 4.95. The Morgan fingerprint density at radius 3 is 2.80 bits per heavy atom. The van der Waals surface area contributed by atoms with E-state index in [1.807, 2.05) is 0 Å². The number of benzene rings is 1. The molecule has 10 heteroatoms. The molecule has 2 fully saturated rings. The summed E-state index contributed by atoms with van der Waals surface area (Å²) in [4.78, 5) is 22.0. The highest BCUT2D eigenvalue weighted by atomic mass is 35.5. The minimum Gasteiger partial charge on any atom is -0.489 e. The third-order valence-corrected chi connectivity index (χ3v) is 7.67. The number of aromatic nitrogens is 3. The number of carbonyl (C=O) groups is 1. The maximum absolute atomic E-state index is 14.2.